The van der Waals surface area contributed by atoms with Crippen LogP contribution in [-0.4, -0.2) is 32.7 Å². The summed E-state index contributed by atoms with van der Waals surface area (Å²) in [6.07, 6.45) is 0. The molecule has 0 aliphatic rings. The van der Waals surface area contributed by atoms with Gasteiger partial charge in [0.15, 0.2) is 0 Å². The lowest BCUT2D eigenvalue weighted by Gasteiger charge is -2.07. The number of rotatable bonds is 7. The van der Waals surface area contributed by atoms with E-state index in [1.54, 1.807) is 30.8 Å². The summed E-state index contributed by atoms with van der Waals surface area (Å²) in [5.41, 5.74) is 1.99. The first-order valence-electron chi connectivity index (χ1n) is 9.14. The summed E-state index contributed by atoms with van der Waals surface area (Å²) >= 11 is 4.53. The Morgan fingerprint density at radius 3 is 2.33 bits per heavy atom. The van der Waals surface area contributed by atoms with E-state index >= 15 is 0 Å². The molecule has 7 nitrogen and oxygen atoms in total. The molecular formula is C21H21BrN4O3S. The van der Waals surface area contributed by atoms with Gasteiger partial charge < -0.3 is 10.6 Å². The van der Waals surface area contributed by atoms with Crippen molar-refractivity contribution in [1.82, 2.24) is 9.36 Å². The van der Waals surface area contributed by atoms with Gasteiger partial charge in [0.1, 0.15) is 5.69 Å². The SMILES string of the molecule is Cc1c(NC(=O)CSCC(=O)Nc2cccc(Br)c2)c(=O)n(-c2ccccc2)n1C. The number of halogens is 1. The molecule has 2 N–H and O–H groups in total. The number of aromatic nitrogens is 2. The van der Waals surface area contributed by atoms with Crippen LogP contribution in [0.4, 0.5) is 11.4 Å². The molecule has 1 aromatic heterocycles. The van der Waals surface area contributed by atoms with Crippen LogP contribution in [0.5, 0.6) is 0 Å². The second kappa shape index (κ2) is 9.82. The minimum atomic E-state index is -0.332. The summed E-state index contributed by atoms with van der Waals surface area (Å²) in [5.74, 6) is -0.345. The second-order valence-corrected chi connectivity index (χ2v) is 8.44. The zero-order chi connectivity index (χ0) is 21.7. The first kappa shape index (κ1) is 21.9. The van der Waals surface area contributed by atoms with Crippen LogP contribution < -0.4 is 16.2 Å². The molecule has 1 heterocycles. The lowest BCUT2D eigenvalue weighted by molar-refractivity contribution is -0.114. The standard InChI is InChI=1S/C21H21BrN4O3S/c1-14-20(21(29)26(25(14)2)17-9-4-3-5-10-17)24-19(28)13-30-12-18(27)23-16-8-6-7-15(22)11-16/h3-11H,12-13H2,1-2H3,(H,23,27)(H,24,28). The van der Waals surface area contributed by atoms with Gasteiger partial charge in [0.25, 0.3) is 5.56 Å². The van der Waals surface area contributed by atoms with E-state index in [2.05, 4.69) is 26.6 Å². The van der Waals surface area contributed by atoms with E-state index in [0.29, 0.717) is 17.1 Å². The topological polar surface area (TPSA) is 85.1 Å². The Morgan fingerprint density at radius 2 is 1.67 bits per heavy atom. The predicted octanol–water partition coefficient (Wildman–Crippen LogP) is 3.56. The van der Waals surface area contributed by atoms with E-state index in [1.165, 1.54) is 16.4 Å². The molecule has 0 atom stereocenters. The zero-order valence-corrected chi connectivity index (χ0v) is 18.9. The largest absolute Gasteiger partial charge is 0.325 e. The third-order valence-corrected chi connectivity index (χ3v) is 5.82. The van der Waals surface area contributed by atoms with Crippen LogP contribution in [0.15, 0.2) is 63.9 Å². The highest BCUT2D eigenvalue weighted by molar-refractivity contribution is 9.10. The normalized spacial score (nSPS) is 10.6. The number of nitrogens with one attached hydrogen (secondary N) is 2. The van der Waals surface area contributed by atoms with Crippen molar-refractivity contribution in [2.75, 3.05) is 22.1 Å². The van der Waals surface area contributed by atoms with Crippen LogP contribution in [0.1, 0.15) is 5.69 Å². The molecule has 2 aromatic carbocycles. The van der Waals surface area contributed by atoms with Crippen molar-refractivity contribution in [1.29, 1.82) is 0 Å². The molecule has 3 aromatic rings. The number of para-hydroxylation sites is 1. The highest BCUT2D eigenvalue weighted by atomic mass is 79.9. The fourth-order valence-electron chi connectivity index (χ4n) is 2.89. The van der Waals surface area contributed by atoms with E-state index in [-0.39, 0.29) is 34.6 Å². The number of hydrogen-bond donors (Lipinski definition) is 2. The van der Waals surface area contributed by atoms with E-state index in [9.17, 15) is 14.4 Å². The average molecular weight is 489 g/mol. The molecule has 3 rings (SSSR count). The number of thioether (sulfide) groups is 1. The van der Waals surface area contributed by atoms with E-state index in [4.69, 9.17) is 0 Å². The number of carbonyl (C=O) groups is 2. The molecule has 30 heavy (non-hydrogen) atoms. The van der Waals surface area contributed by atoms with E-state index in [1.807, 2.05) is 42.5 Å². The molecule has 0 aliphatic carbocycles. The van der Waals surface area contributed by atoms with Gasteiger partial charge in [0, 0.05) is 17.2 Å². The van der Waals surface area contributed by atoms with Gasteiger partial charge in [-0.1, -0.05) is 40.2 Å². The van der Waals surface area contributed by atoms with Gasteiger partial charge in [-0.15, -0.1) is 11.8 Å². The summed E-state index contributed by atoms with van der Waals surface area (Å²) in [6.45, 7) is 1.77. The van der Waals surface area contributed by atoms with E-state index < -0.39 is 0 Å². The minimum Gasteiger partial charge on any atom is -0.325 e. The van der Waals surface area contributed by atoms with Crippen molar-refractivity contribution < 1.29 is 9.59 Å². The maximum absolute atomic E-state index is 12.8. The predicted molar refractivity (Wildman–Crippen MR) is 124 cm³/mol. The van der Waals surface area contributed by atoms with Crippen molar-refractivity contribution in [3.63, 3.8) is 0 Å². The Kier molecular flexibility index (Phi) is 7.17. The van der Waals surface area contributed by atoms with Gasteiger partial charge in [-0.2, -0.15) is 0 Å². The lowest BCUT2D eigenvalue weighted by Crippen LogP contribution is -2.24. The zero-order valence-electron chi connectivity index (χ0n) is 16.5. The van der Waals surface area contributed by atoms with Gasteiger partial charge in [-0.05, 0) is 37.3 Å². The van der Waals surface area contributed by atoms with Gasteiger partial charge in [-0.25, -0.2) is 4.68 Å². The van der Waals surface area contributed by atoms with Crippen LogP contribution >= 0.6 is 27.7 Å². The molecule has 0 aliphatic heterocycles. The van der Waals surface area contributed by atoms with Crippen molar-refractivity contribution >= 4 is 50.9 Å². The number of hydrogen-bond acceptors (Lipinski definition) is 4. The summed E-state index contributed by atoms with van der Waals surface area (Å²) in [7, 11) is 1.76. The number of benzene rings is 2. The number of anilines is 2. The highest BCUT2D eigenvalue weighted by Gasteiger charge is 2.18. The molecule has 2 amide bonds. The van der Waals surface area contributed by atoms with Gasteiger partial charge >= 0.3 is 0 Å². The Morgan fingerprint density at radius 1 is 1.00 bits per heavy atom. The fourth-order valence-corrected chi connectivity index (χ4v) is 3.90. The van der Waals surface area contributed by atoms with Crippen molar-refractivity contribution in [2.45, 2.75) is 6.92 Å². The highest BCUT2D eigenvalue weighted by Crippen LogP contribution is 2.17. The molecular weight excluding hydrogens is 468 g/mol. The molecule has 0 saturated carbocycles. The molecule has 0 radical (unpaired) electrons. The van der Waals surface area contributed by atoms with Crippen molar-refractivity contribution in [2.24, 2.45) is 7.05 Å². The summed E-state index contributed by atoms with van der Waals surface area (Å²) in [4.78, 5) is 37.2. The van der Waals surface area contributed by atoms with Crippen molar-refractivity contribution in [3.05, 3.63) is 75.1 Å². The van der Waals surface area contributed by atoms with Gasteiger partial charge in [0.2, 0.25) is 11.8 Å². The molecule has 0 fully saturated rings. The number of carbonyl (C=O) groups excluding carboxylic acids is 2. The average Bonchev–Trinajstić information content (AvgIpc) is 2.92. The second-order valence-electron chi connectivity index (χ2n) is 6.54. The quantitative estimate of drug-likeness (QED) is 0.532. The van der Waals surface area contributed by atoms with E-state index in [0.717, 1.165) is 4.47 Å². The van der Waals surface area contributed by atoms with Crippen LogP contribution in [0.25, 0.3) is 5.69 Å². The van der Waals surface area contributed by atoms with Crippen LogP contribution in [0.3, 0.4) is 0 Å². The Bertz CT molecular complexity index is 1130. The van der Waals surface area contributed by atoms with Gasteiger partial charge in [-0.3, -0.25) is 19.1 Å². The molecule has 0 saturated heterocycles. The maximum atomic E-state index is 12.8. The van der Waals surface area contributed by atoms with Crippen LogP contribution in [0.2, 0.25) is 0 Å². The third-order valence-electron chi connectivity index (χ3n) is 4.39. The summed E-state index contributed by atoms with van der Waals surface area (Å²) in [6, 6.07) is 16.5. The minimum absolute atomic E-state index is 0.0605. The lowest BCUT2D eigenvalue weighted by atomic mass is 10.3. The number of amides is 2. The Labute approximate surface area is 186 Å². The maximum Gasteiger partial charge on any atom is 0.295 e. The monoisotopic (exact) mass is 488 g/mol. The molecule has 0 bridgehead atoms. The Hall–Kier alpha value is -2.78. The molecule has 156 valence electrons. The fraction of sp³-hybridized carbons (Fsp3) is 0.190. The molecule has 0 spiro atoms. The Balaban J connectivity index is 1.58. The first-order chi connectivity index (χ1) is 14.4. The summed E-state index contributed by atoms with van der Waals surface area (Å²) < 4.78 is 4.07. The van der Waals surface area contributed by atoms with Crippen LogP contribution in [0, 0.1) is 6.92 Å². The van der Waals surface area contributed by atoms with Crippen LogP contribution in [-0.2, 0) is 16.6 Å². The number of nitrogens with zero attached hydrogens (tertiary/aromatic N) is 2. The summed E-state index contributed by atoms with van der Waals surface area (Å²) in [5, 5.41) is 5.46. The van der Waals surface area contributed by atoms with Crippen molar-refractivity contribution in [3.8, 4) is 5.69 Å². The molecule has 0 unspecified atom stereocenters. The molecule has 9 heteroatoms. The first-order valence-corrected chi connectivity index (χ1v) is 11.1. The third kappa shape index (κ3) is 5.22. The van der Waals surface area contributed by atoms with Gasteiger partial charge in [0.05, 0.1) is 22.9 Å². The smallest absolute Gasteiger partial charge is 0.295 e.